The van der Waals surface area contributed by atoms with Crippen molar-refractivity contribution in [3.05, 3.63) is 4.91 Å². The first kappa shape index (κ1) is 6.64. The maximum atomic E-state index is 9.64. The van der Waals surface area contributed by atoms with Crippen molar-refractivity contribution in [3.63, 3.8) is 0 Å². The maximum absolute atomic E-state index is 9.64. The SMILES string of the molecule is O=NCCN1CCOC1. The molecule has 0 unspecified atom stereocenters. The van der Waals surface area contributed by atoms with E-state index in [1.807, 2.05) is 0 Å². The van der Waals surface area contributed by atoms with Gasteiger partial charge < -0.3 is 4.74 Å². The molecule has 0 aromatic rings. The smallest absolute Gasteiger partial charge is 0.0992 e. The van der Waals surface area contributed by atoms with Crippen molar-refractivity contribution >= 4 is 0 Å². The third-order valence-electron chi connectivity index (χ3n) is 1.33. The molecule has 0 bridgehead atoms. The largest absolute Gasteiger partial charge is 0.365 e. The molecule has 0 aromatic heterocycles. The van der Waals surface area contributed by atoms with Gasteiger partial charge in [0.05, 0.1) is 19.9 Å². The van der Waals surface area contributed by atoms with Gasteiger partial charge >= 0.3 is 0 Å². The fraction of sp³-hybridized carbons (Fsp3) is 1.00. The van der Waals surface area contributed by atoms with Gasteiger partial charge in [-0.3, -0.25) is 4.90 Å². The number of hydrogen-bond acceptors (Lipinski definition) is 4. The van der Waals surface area contributed by atoms with Crippen molar-refractivity contribution in [1.82, 2.24) is 4.90 Å². The average molecular weight is 130 g/mol. The molecular formula is C5H10N2O2. The van der Waals surface area contributed by atoms with E-state index in [9.17, 15) is 4.91 Å². The zero-order valence-electron chi connectivity index (χ0n) is 5.25. The van der Waals surface area contributed by atoms with Crippen LogP contribution in [0.2, 0.25) is 0 Å². The molecule has 0 atom stereocenters. The standard InChI is InChI=1S/C5H10N2O2/c8-6-1-2-7-3-4-9-5-7/h1-5H2. The molecule has 1 heterocycles. The van der Waals surface area contributed by atoms with E-state index in [0.717, 1.165) is 19.7 Å². The van der Waals surface area contributed by atoms with E-state index in [2.05, 4.69) is 10.1 Å². The average Bonchev–Trinajstić information content (AvgIpc) is 2.34. The summed E-state index contributed by atoms with van der Waals surface area (Å²) in [5, 5.41) is 2.75. The van der Waals surface area contributed by atoms with E-state index in [4.69, 9.17) is 4.74 Å². The van der Waals surface area contributed by atoms with E-state index in [1.54, 1.807) is 0 Å². The summed E-state index contributed by atoms with van der Waals surface area (Å²) in [5.74, 6) is 0. The minimum Gasteiger partial charge on any atom is -0.365 e. The van der Waals surface area contributed by atoms with Crippen LogP contribution in [0.5, 0.6) is 0 Å². The van der Waals surface area contributed by atoms with Gasteiger partial charge in [0, 0.05) is 13.1 Å². The Bertz CT molecular complexity index is 91.0. The molecule has 9 heavy (non-hydrogen) atoms. The molecule has 52 valence electrons. The molecule has 0 radical (unpaired) electrons. The van der Waals surface area contributed by atoms with Gasteiger partial charge in [-0.25, -0.2) is 0 Å². The highest BCUT2D eigenvalue weighted by Crippen LogP contribution is 1.96. The summed E-state index contributed by atoms with van der Waals surface area (Å²) in [6.07, 6.45) is 0. The van der Waals surface area contributed by atoms with Crippen LogP contribution in [0.25, 0.3) is 0 Å². The lowest BCUT2D eigenvalue weighted by Crippen LogP contribution is -2.22. The van der Waals surface area contributed by atoms with Gasteiger partial charge in [0.2, 0.25) is 0 Å². The second kappa shape index (κ2) is 3.53. The molecular weight excluding hydrogens is 120 g/mol. The number of nitrogens with zero attached hydrogens (tertiary/aromatic N) is 2. The van der Waals surface area contributed by atoms with Gasteiger partial charge in [0.1, 0.15) is 0 Å². The van der Waals surface area contributed by atoms with Crippen LogP contribution in [0.3, 0.4) is 0 Å². The third-order valence-corrected chi connectivity index (χ3v) is 1.33. The Kier molecular flexibility index (Phi) is 2.60. The van der Waals surface area contributed by atoms with Crippen LogP contribution in [0.4, 0.5) is 0 Å². The van der Waals surface area contributed by atoms with Crippen LogP contribution in [-0.4, -0.2) is 37.9 Å². The number of ether oxygens (including phenoxy) is 1. The van der Waals surface area contributed by atoms with Crippen LogP contribution in [0.1, 0.15) is 0 Å². The Balaban J connectivity index is 2.04. The zero-order chi connectivity index (χ0) is 6.53. The van der Waals surface area contributed by atoms with Crippen molar-refractivity contribution < 1.29 is 4.74 Å². The fourth-order valence-electron chi connectivity index (χ4n) is 0.810. The molecule has 0 N–H and O–H groups in total. The topological polar surface area (TPSA) is 41.9 Å². The maximum Gasteiger partial charge on any atom is 0.0992 e. The van der Waals surface area contributed by atoms with Crippen molar-refractivity contribution in [2.24, 2.45) is 5.18 Å². The first-order chi connectivity index (χ1) is 4.43. The molecule has 1 aliphatic heterocycles. The first-order valence-corrected chi connectivity index (χ1v) is 3.02. The predicted octanol–water partition coefficient (Wildman–Crippen LogP) is 0.0425. The monoisotopic (exact) mass is 130 g/mol. The first-order valence-electron chi connectivity index (χ1n) is 3.02. The zero-order valence-corrected chi connectivity index (χ0v) is 5.25. The Labute approximate surface area is 53.8 Å². The van der Waals surface area contributed by atoms with E-state index in [-0.39, 0.29) is 0 Å². The Morgan fingerprint density at radius 1 is 1.67 bits per heavy atom. The molecule has 0 aliphatic carbocycles. The molecule has 4 heteroatoms. The highest BCUT2D eigenvalue weighted by molar-refractivity contribution is 4.58. The summed E-state index contributed by atoms with van der Waals surface area (Å²) in [5.41, 5.74) is 0. The molecule has 4 nitrogen and oxygen atoms in total. The minimum absolute atomic E-state index is 0.378. The molecule has 0 saturated carbocycles. The Morgan fingerprint density at radius 3 is 3.11 bits per heavy atom. The Hall–Kier alpha value is -0.480. The molecule has 0 aromatic carbocycles. The highest BCUT2D eigenvalue weighted by atomic mass is 16.5. The van der Waals surface area contributed by atoms with Gasteiger partial charge in [-0.15, -0.1) is 0 Å². The highest BCUT2D eigenvalue weighted by Gasteiger charge is 2.09. The fourth-order valence-corrected chi connectivity index (χ4v) is 0.810. The van der Waals surface area contributed by atoms with E-state index in [1.165, 1.54) is 0 Å². The minimum atomic E-state index is 0.378. The predicted molar refractivity (Wildman–Crippen MR) is 33.1 cm³/mol. The molecule has 1 fully saturated rings. The second-order valence-corrected chi connectivity index (χ2v) is 2.01. The second-order valence-electron chi connectivity index (χ2n) is 2.01. The third kappa shape index (κ3) is 2.07. The molecule has 1 aliphatic rings. The normalized spacial score (nSPS) is 20.4. The summed E-state index contributed by atoms with van der Waals surface area (Å²) in [7, 11) is 0. The number of nitroso groups, excluding NO2 is 1. The van der Waals surface area contributed by atoms with Crippen molar-refractivity contribution in [1.29, 1.82) is 0 Å². The lowest BCUT2D eigenvalue weighted by Gasteiger charge is -2.07. The summed E-state index contributed by atoms with van der Waals surface area (Å²) in [4.78, 5) is 11.7. The summed E-state index contributed by atoms with van der Waals surface area (Å²) in [6.45, 7) is 3.51. The van der Waals surface area contributed by atoms with Crippen molar-refractivity contribution in [2.45, 2.75) is 0 Å². The van der Waals surface area contributed by atoms with Crippen LogP contribution < -0.4 is 0 Å². The molecule has 1 rings (SSSR count). The van der Waals surface area contributed by atoms with Gasteiger partial charge in [0.25, 0.3) is 0 Å². The van der Waals surface area contributed by atoms with Gasteiger partial charge in [0.15, 0.2) is 0 Å². The van der Waals surface area contributed by atoms with Gasteiger partial charge in [-0.1, -0.05) is 5.18 Å². The van der Waals surface area contributed by atoms with Crippen LogP contribution >= 0.6 is 0 Å². The van der Waals surface area contributed by atoms with E-state index in [0.29, 0.717) is 13.3 Å². The van der Waals surface area contributed by atoms with Crippen molar-refractivity contribution in [2.75, 3.05) is 33.0 Å². The molecule has 1 saturated heterocycles. The van der Waals surface area contributed by atoms with Crippen LogP contribution in [0.15, 0.2) is 5.18 Å². The molecule has 0 amide bonds. The molecule has 0 spiro atoms. The summed E-state index contributed by atoms with van der Waals surface area (Å²) in [6, 6.07) is 0. The summed E-state index contributed by atoms with van der Waals surface area (Å²) >= 11 is 0. The lowest BCUT2D eigenvalue weighted by atomic mass is 10.5. The van der Waals surface area contributed by atoms with Crippen LogP contribution in [-0.2, 0) is 4.74 Å². The van der Waals surface area contributed by atoms with Gasteiger partial charge in [-0.05, 0) is 0 Å². The van der Waals surface area contributed by atoms with Crippen molar-refractivity contribution in [3.8, 4) is 0 Å². The van der Waals surface area contributed by atoms with Gasteiger partial charge in [-0.2, -0.15) is 4.91 Å². The Morgan fingerprint density at radius 2 is 2.56 bits per heavy atom. The quantitative estimate of drug-likeness (QED) is 0.506. The lowest BCUT2D eigenvalue weighted by molar-refractivity contribution is 0.142. The number of rotatable bonds is 3. The van der Waals surface area contributed by atoms with Crippen LogP contribution in [0, 0.1) is 4.91 Å². The summed E-state index contributed by atoms with van der Waals surface area (Å²) < 4.78 is 5.04. The number of hydrogen-bond donors (Lipinski definition) is 0. The van der Waals surface area contributed by atoms with E-state index >= 15 is 0 Å². The van der Waals surface area contributed by atoms with E-state index < -0.39 is 0 Å².